The minimum atomic E-state index is 0.239. The van der Waals surface area contributed by atoms with Crippen LogP contribution in [0.5, 0.6) is 0 Å². The zero-order valence-electron chi connectivity index (χ0n) is 14.2. The molecule has 6 rings (SSSR count). The van der Waals surface area contributed by atoms with Gasteiger partial charge in [0, 0.05) is 11.6 Å². The van der Waals surface area contributed by atoms with E-state index >= 15 is 0 Å². The molecule has 6 fully saturated rings. The molecule has 3 nitrogen and oxygen atoms in total. The first-order valence-electron chi connectivity index (χ1n) is 10.2. The Hall–Kier alpha value is -0.860. The van der Waals surface area contributed by atoms with E-state index in [4.69, 9.17) is 5.10 Å². The van der Waals surface area contributed by atoms with Crippen LogP contribution in [0.1, 0.15) is 70.6 Å². The summed E-state index contributed by atoms with van der Waals surface area (Å²) in [6.07, 6.45) is 14.8. The lowest BCUT2D eigenvalue weighted by Gasteiger charge is -2.50. The summed E-state index contributed by atoms with van der Waals surface area (Å²) in [7, 11) is 0. The third-order valence-electron chi connectivity index (χ3n) is 7.73. The van der Waals surface area contributed by atoms with Gasteiger partial charge in [-0.2, -0.15) is 5.10 Å². The molecule has 6 saturated carbocycles. The van der Waals surface area contributed by atoms with E-state index in [-0.39, 0.29) is 11.8 Å². The maximum Gasteiger partial charge on any atom is 0.243 e. The first-order chi connectivity index (χ1) is 11.3. The maximum atomic E-state index is 12.6. The summed E-state index contributed by atoms with van der Waals surface area (Å²) < 4.78 is 0. The van der Waals surface area contributed by atoms with E-state index in [1.165, 1.54) is 76.3 Å². The number of rotatable bonds is 2. The van der Waals surface area contributed by atoms with Crippen molar-refractivity contribution in [1.82, 2.24) is 5.43 Å². The van der Waals surface area contributed by atoms with Crippen molar-refractivity contribution < 1.29 is 4.79 Å². The molecule has 6 aliphatic carbocycles. The van der Waals surface area contributed by atoms with Crippen molar-refractivity contribution in [3.8, 4) is 0 Å². The van der Waals surface area contributed by atoms with Gasteiger partial charge >= 0.3 is 0 Å². The predicted molar refractivity (Wildman–Crippen MR) is 90.8 cm³/mol. The van der Waals surface area contributed by atoms with Crippen LogP contribution in [-0.2, 0) is 4.79 Å². The molecule has 0 aromatic heterocycles. The first kappa shape index (κ1) is 14.5. The van der Waals surface area contributed by atoms with Gasteiger partial charge in [-0.1, -0.05) is 25.7 Å². The Bertz CT molecular complexity index is 482. The molecule has 126 valence electrons. The lowest BCUT2D eigenvalue weighted by Crippen LogP contribution is -2.46. The number of hydrogen-bond acceptors (Lipinski definition) is 2. The Kier molecular flexibility index (Phi) is 3.52. The molecule has 0 unspecified atom stereocenters. The number of carbonyl (C=O) groups is 1. The summed E-state index contributed by atoms with van der Waals surface area (Å²) in [5.41, 5.74) is 4.38. The van der Waals surface area contributed by atoms with Crippen LogP contribution >= 0.6 is 0 Å². The van der Waals surface area contributed by atoms with Crippen molar-refractivity contribution in [3.05, 3.63) is 0 Å². The number of nitrogens with zero attached hydrogens (tertiary/aromatic N) is 1. The second-order valence-electron chi connectivity index (χ2n) is 9.16. The molecule has 1 N–H and O–H groups in total. The third-order valence-corrected chi connectivity index (χ3v) is 7.73. The minimum absolute atomic E-state index is 0.239. The molecule has 1 amide bonds. The van der Waals surface area contributed by atoms with Crippen molar-refractivity contribution in [2.75, 3.05) is 0 Å². The largest absolute Gasteiger partial charge is 0.273 e. The van der Waals surface area contributed by atoms with Crippen molar-refractivity contribution >= 4 is 11.6 Å². The van der Waals surface area contributed by atoms with Gasteiger partial charge in [-0.3, -0.25) is 4.79 Å². The standard InChI is InChI=1S/C20H30N2O/c23-20(18-16-5-3-1-2-4-6-17(16)18)22-21-19-14-8-12-7-13(10-14)11-15(19)9-12/h12-18H,1-11H2,(H,22,23)/t12?,13?,14?,15?,16-,17-/m0/s1. The van der Waals surface area contributed by atoms with Crippen molar-refractivity contribution in [3.63, 3.8) is 0 Å². The molecule has 0 spiro atoms. The zero-order chi connectivity index (χ0) is 15.4. The van der Waals surface area contributed by atoms with Crippen LogP contribution in [0.15, 0.2) is 5.10 Å². The van der Waals surface area contributed by atoms with Crippen LogP contribution in [0.2, 0.25) is 0 Å². The van der Waals surface area contributed by atoms with Gasteiger partial charge < -0.3 is 0 Å². The van der Waals surface area contributed by atoms with E-state index in [1.54, 1.807) is 0 Å². The maximum absolute atomic E-state index is 12.6. The van der Waals surface area contributed by atoms with Gasteiger partial charge in [0.15, 0.2) is 0 Å². The predicted octanol–water partition coefficient (Wildman–Crippen LogP) is 4.13. The lowest BCUT2D eigenvalue weighted by molar-refractivity contribution is -0.122. The molecular weight excluding hydrogens is 284 g/mol. The number of nitrogens with one attached hydrogen (secondary N) is 1. The highest BCUT2D eigenvalue weighted by molar-refractivity contribution is 5.92. The monoisotopic (exact) mass is 314 g/mol. The summed E-state index contributed by atoms with van der Waals surface area (Å²) in [5, 5.41) is 4.71. The Labute approximate surface area is 139 Å². The fourth-order valence-corrected chi connectivity index (χ4v) is 6.78. The number of hydrazone groups is 1. The number of amides is 1. The summed E-state index contributed by atoms with van der Waals surface area (Å²) in [6, 6.07) is 0. The quantitative estimate of drug-likeness (QED) is 0.765. The fraction of sp³-hybridized carbons (Fsp3) is 0.900. The van der Waals surface area contributed by atoms with Crippen LogP contribution in [0.3, 0.4) is 0 Å². The van der Waals surface area contributed by atoms with Gasteiger partial charge in [-0.25, -0.2) is 5.43 Å². The topological polar surface area (TPSA) is 41.5 Å². The first-order valence-corrected chi connectivity index (χ1v) is 10.2. The van der Waals surface area contributed by atoms with Crippen LogP contribution < -0.4 is 5.43 Å². The van der Waals surface area contributed by atoms with Gasteiger partial charge in [0.05, 0.1) is 0 Å². The smallest absolute Gasteiger partial charge is 0.243 e. The highest BCUT2D eigenvalue weighted by Gasteiger charge is 2.53. The molecule has 0 aliphatic heterocycles. The van der Waals surface area contributed by atoms with E-state index in [0.29, 0.717) is 23.7 Å². The molecule has 23 heavy (non-hydrogen) atoms. The Balaban J connectivity index is 1.23. The minimum Gasteiger partial charge on any atom is -0.273 e. The van der Waals surface area contributed by atoms with E-state index < -0.39 is 0 Å². The fourth-order valence-electron chi connectivity index (χ4n) is 6.78. The average molecular weight is 314 g/mol. The molecule has 0 heterocycles. The molecule has 0 aromatic rings. The highest BCUT2D eigenvalue weighted by atomic mass is 16.2. The van der Waals surface area contributed by atoms with Gasteiger partial charge in [0.25, 0.3) is 0 Å². The van der Waals surface area contributed by atoms with Gasteiger partial charge in [0.1, 0.15) is 0 Å². The molecule has 0 aromatic carbocycles. The normalized spacial score (nSPS) is 47.5. The van der Waals surface area contributed by atoms with Crippen LogP contribution in [-0.4, -0.2) is 11.6 Å². The summed E-state index contributed by atoms with van der Waals surface area (Å²) in [6.45, 7) is 0. The summed E-state index contributed by atoms with van der Waals surface area (Å²) in [5.74, 6) is 5.19. The Morgan fingerprint density at radius 1 is 0.826 bits per heavy atom. The van der Waals surface area contributed by atoms with Gasteiger partial charge in [0.2, 0.25) is 5.91 Å². The van der Waals surface area contributed by atoms with Crippen LogP contribution in [0, 0.1) is 41.4 Å². The van der Waals surface area contributed by atoms with Crippen LogP contribution in [0.4, 0.5) is 0 Å². The van der Waals surface area contributed by atoms with Crippen LogP contribution in [0.25, 0.3) is 0 Å². The Morgan fingerprint density at radius 2 is 1.39 bits per heavy atom. The Morgan fingerprint density at radius 3 is 1.96 bits per heavy atom. The SMILES string of the molecule is O=C(NN=C1C2CC3CC(C2)CC1C3)C1[C@H]2CCCCCC[C@H]12. The number of carbonyl (C=O) groups excluding carboxylic acids is 1. The van der Waals surface area contributed by atoms with Crippen molar-refractivity contribution in [2.45, 2.75) is 70.6 Å². The van der Waals surface area contributed by atoms with Crippen molar-refractivity contribution in [2.24, 2.45) is 46.5 Å². The van der Waals surface area contributed by atoms with Crippen molar-refractivity contribution in [1.29, 1.82) is 0 Å². The van der Waals surface area contributed by atoms with Gasteiger partial charge in [-0.05, 0) is 80.5 Å². The lowest BCUT2D eigenvalue weighted by atomic mass is 9.55. The average Bonchev–Trinajstić information content (AvgIpc) is 3.16. The van der Waals surface area contributed by atoms with E-state index in [0.717, 1.165) is 11.8 Å². The van der Waals surface area contributed by atoms with Gasteiger partial charge in [-0.15, -0.1) is 0 Å². The molecule has 2 atom stereocenters. The number of fused-ring (bicyclic) bond motifs is 1. The van der Waals surface area contributed by atoms with E-state index in [9.17, 15) is 4.79 Å². The van der Waals surface area contributed by atoms with E-state index in [1.807, 2.05) is 0 Å². The van der Waals surface area contributed by atoms with E-state index in [2.05, 4.69) is 5.43 Å². The zero-order valence-corrected chi connectivity index (χ0v) is 14.2. The molecule has 0 saturated heterocycles. The summed E-state index contributed by atoms with van der Waals surface area (Å²) in [4.78, 5) is 12.6. The molecule has 4 bridgehead atoms. The third kappa shape index (κ3) is 2.55. The summed E-state index contributed by atoms with van der Waals surface area (Å²) >= 11 is 0. The second kappa shape index (κ2) is 5.60. The molecule has 3 heteroatoms. The second-order valence-corrected chi connectivity index (χ2v) is 9.16. The molecule has 0 radical (unpaired) electrons. The molecule has 6 aliphatic rings. The molecular formula is C20H30N2O. The highest BCUT2D eigenvalue weighted by Crippen LogP contribution is 2.54. The number of hydrogen-bond donors (Lipinski definition) is 1.